The fourth-order valence-electron chi connectivity index (χ4n) is 6.23. The summed E-state index contributed by atoms with van der Waals surface area (Å²) < 4.78 is 6.43. The number of amides is 3. The second-order valence-corrected chi connectivity index (χ2v) is 14.3. The van der Waals surface area contributed by atoms with Gasteiger partial charge < -0.3 is 15.0 Å². The number of hydrogen-bond acceptors (Lipinski definition) is 9. The van der Waals surface area contributed by atoms with Crippen LogP contribution in [0.1, 0.15) is 47.5 Å². The Morgan fingerprint density at radius 3 is 2.22 bits per heavy atom. The third-order valence-corrected chi connectivity index (χ3v) is 11.9. The zero-order chi connectivity index (χ0) is 35.0. The monoisotopic (exact) mass is 738 g/mol. The van der Waals surface area contributed by atoms with Crippen LogP contribution in [0.15, 0.2) is 76.6 Å². The van der Waals surface area contributed by atoms with Crippen LogP contribution in [-0.4, -0.2) is 53.2 Å². The summed E-state index contributed by atoms with van der Waals surface area (Å²) in [5.74, 6) is -3.25. The first-order valence-corrected chi connectivity index (χ1v) is 18.2. The molecule has 3 aromatic carbocycles. The maximum atomic E-state index is 14.3. The van der Waals surface area contributed by atoms with Gasteiger partial charge in [0.25, 0.3) is 0 Å². The number of esters is 1. The highest BCUT2D eigenvalue weighted by molar-refractivity contribution is 8.00. The number of hydrogen-bond donors (Lipinski definition) is 1. The second kappa shape index (κ2) is 14.4. The number of nitrogens with zero attached hydrogens (tertiary/aromatic N) is 3. The topological polar surface area (TPSA) is 118 Å². The smallest absolute Gasteiger partial charge is 0.338 e. The number of anilines is 3. The van der Waals surface area contributed by atoms with Crippen LogP contribution < -0.4 is 20.0 Å². The van der Waals surface area contributed by atoms with Gasteiger partial charge in [0.1, 0.15) is 11.8 Å². The van der Waals surface area contributed by atoms with Gasteiger partial charge in [0.05, 0.1) is 38.8 Å². The minimum Gasteiger partial charge on any atom is -0.462 e. The lowest BCUT2D eigenvalue weighted by Crippen LogP contribution is -2.33. The molecule has 1 saturated heterocycles. The van der Waals surface area contributed by atoms with Crippen molar-refractivity contribution in [3.05, 3.63) is 102 Å². The highest BCUT2D eigenvalue weighted by Crippen LogP contribution is 2.54. The molecule has 1 aromatic heterocycles. The summed E-state index contributed by atoms with van der Waals surface area (Å²) in [6.07, 6.45) is 0. The average Bonchev–Trinajstić information content (AvgIpc) is 3.53. The van der Waals surface area contributed by atoms with Crippen molar-refractivity contribution < 1.29 is 23.9 Å². The molecular weight excluding hydrogens is 707 g/mol. The summed E-state index contributed by atoms with van der Waals surface area (Å²) in [5, 5.41) is 2.96. The van der Waals surface area contributed by atoms with Gasteiger partial charge in [-0.1, -0.05) is 58.4 Å². The van der Waals surface area contributed by atoms with E-state index in [-0.39, 0.29) is 23.0 Å². The Labute approximate surface area is 300 Å². The quantitative estimate of drug-likeness (QED) is 0.142. The lowest BCUT2D eigenvalue weighted by molar-refractivity contribution is -0.122. The van der Waals surface area contributed by atoms with E-state index in [1.54, 1.807) is 31.2 Å². The largest absolute Gasteiger partial charge is 0.462 e. The molecule has 10 nitrogen and oxygen atoms in total. The number of rotatable bonds is 10. The van der Waals surface area contributed by atoms with Gasteiger partial charge in [0, 0.05) is 35.3 Å². The van der Waals surface area contributed by atoms with E-state index in [1.165, 1.54) is 22.8 Å². The zero-order valence-electron chi connectivity index (χ0n) is 26.8. The Kier molecular flexibility index (Phi) is 10.2. The van der Waals surface area contributed by atoms with Crippen LogP contribution in [0.2, 0.25) is 10.0 Å². The van der Waals surface area contributed by atoms with Crippen LogP contribution in [-0.2, 0) is 25.7 Å². The zero-order valence-corrected chi connectivity index (χ0v) is 29.9. The molecule has 6 rings (SSSR count). The molecule has 2 aliphatic heterocycles. The lowest BCUT2D eigenvalue weighted by atomic mass is 9.83. The van der Waals surface area contributed by atoms with Gasteiger partial charge in [-0.2, -0.15) is 0 Å². The number of benzene rings is 3. The predicted octanol–water partition coefficient (Wildman–Crippen LogP) is 6.67. The van der Waals surface area contributed by atoms with Crippen molar-refractivity contribution in [2.24, 2.45) is 5.92 Å². The highest BCUT2D eigenvalue weighted by Gasteiger charge is 2.56. The Morgan fingerprint density at radius 1 is 0.898 bits per heavy atom. The normalized spacial score (nSPS) is 18.2. The van der Waals surface area contributed by atoms with Crippen molar-refractivity contribution in [3.8, 4) is 0 Å². The number of thioether (sulfide) groups is 1. The lowest BCUT2D eigenvalue weighted by Gasteiger charge is -2.31. The fourth-order valence-corrected chi connectivity index (χ4v) is 9.30. The number of fused-ring (bicyclic) bond motifs is 2. The van der Waals surface area contributed by atoms with Gasteiger partial charge in [-0.15, -0.1) is 0 Å². The minimum atomic E-state index is -0.865. The van der Waals surface area contributed by atoms with Crippen molar-refractivity contribution >= 4 is 87.1 Å². The third kappa shape index (κ3) is 6.62. The molecule has 0 saturated carbocycles. The van der Waals surface area contributed by atoms with E-state index in [1.807, 2.05) is 24.3 Å². The Hall–Kier alpha value is -4.10. The molecule has 2 aliphatic rings. The second-order valence-electron chi connectivity index (χ2n) is 11.4. The minimum absolute atomic E-state index is 0.216. The first-order chi connectivity index (χ1) is 23.6. The summed E-state index contributed by atoms with van der Waals surface area (Å²) in [4.78, 5) is 71.0. The molecule has 3 atom stereocenters. The molecule has 1 N–H and O–H groups in total. The summed E-state index contributed by atoms with van der Waals surface area (Å²) in [6, 6.07) is 18.7. The number of carbonyl (C=O) groups is 4. The van der Waals surface area contributed by atoms with E-state index >= 15 is 0 Å². The Balaban J connectivity index is 1.38. The van der Waals surface area contributed by atoms with Crippen LogP contribution in [0, 0.1) is 5.92 Å². The molecule has 0 radical (unpaired) electrons. The van der Waals surface area contributed by atoms with Gasteiger partial charge in [0.2, 0.25) is 17.7 Å². The molecule has 0 spiro atoms. The molecular formula is C35H32Cl2N4O6S2. The van der Waals surface area contributed by atoms with Gasteiger partial charge >= 0.3 is 10.8 Å². The number of ether oxygens (including phenoxy) is 1. The van der Waals surface area contributed by atoms with E-state index < -0.39 is 40.8 Å². The standard InChI is InChI=1S/C35H32Cl2N4O6S2/c1-4-39(5-2)22-12-7-19(8-13-22)27-28-29(32(44)41(31(28)43)23-14-9-20(10-15-23)34(45)47-6-3)48-33-30(27)49-35(46)40(33)18-26(42)38-21-11-16-24(36)25(37)17-21/h7-17,27-29H,4-6,18H2,1-3H3,(H,38,42)/t27-,28?,29?/m1/s1. The average molecular weight is 740 g/mol. The van der Waals surface area contributed by atoms with E-state index in [2.05, 4.69) is 24.1 Å². The van der Waals surface area contributed by atoms with Crippen LogP contribution in [0.4, 0.5) is 17.1 Å². The summed E-state index contributed by atoms with van der Waals surface area (Å²) in [6.45, 7) is 7.38. The SMILES string of the molecule is CCOC(=O)c1ccc(N2C(=O)C3Sc4c(sc(=O)n4CC(=O)Nc4ccc(Cl)c(Cl)c4)[C@H](c4ccc(N(CC)CC)cc4)C3C2=O)cc1. The molecule has 3 amide bonds. The van der Waals surface area contributed by atoms with Crippen molar-refractivity contribution in [3.63, 3.8) is 0 Å². The highest BCUT2D eigenvalue weighted by atomic mass is 35.5. The van der Waals surface area contributed by atoms with Gasteiger partial charge in [-0.05, 0) is 80.9 Å². The first kappa shape index (κ1) is 34.8. The molecule has 4 aromatic rings. The maximum Gasteiger partial charge on any atom is 0.338 e. The number of nitrogens with one attached hydrogen (secondary N) is 1. The molecule has 2 unspecified atom stereocenters. The van der Waals surface area contributed by atoms with Crippen LogP contribution >= 0.6 is 46.3 Å². The number of carbonyl (C=O) groups excluding carboxylic acids is 4. The molecule has 49 heavy (non-hydrogen) atoms. The summed E-state index contributed by atoms with van der Waals surface area (Å²) in [7, 11) is 0. The third-order valence-electron chi connectivity index (χ3n) is 8.57. The molecule has 3 heterocycles. The van der Waals surface area contributed by atoms with Gasteiger partial charge in [-0.25, -0.2) is 9.69 Å². The first-order valence-electron chi connectivity index (χ1n) is 15.7. The number of thiazole rings is 1. The fraction of sp³-hybridized carbons (Fsp3) is 0.286. The molecule has 14 heteroatoms. The van der Waals surface area contributed by atoms with Crippen molar-refractivity contribution in [2.75, 3.05) is 34.8 Å². The van der Waals surface area contributed by atoms with Crippen LogP contribution in [0.25, 0.3) is 0 Å². The van der Waals surface area contributed by atoms with E-state index in [9.17, 15) is 24.0 Å². The molecule has 0 bridgehead atoms. The maximum absolute atomic E-state index is 14.3. The Bertz CT molecular complexity index is 1990. The van der Waals surface area contributed by atoms with E-state index in [4.69, 9.17) is 27.9 Å². The van der Waals surface area contributed by atoms with E-state index in [0.717, 1.165) is 52.3 Å². The van der Waals surface area contributed by atoms with Crippen LogP contribution in [0.3, 0.4) is 0 Å². The van der Waals surface area contributed by atoms with Crippen molar-refractivity contribution in [2.45, 2.75) is 43.5 Å². The molecule has 1 fully saturated rings. The number of aromatic nitrogens is 1. The van der Waals surface area contributed by atoms with Crippen molar-refractivity contribution in [1.29, 1.82) is 0 Å². The predicted molar refractivity (Wildman–Crippen MR) is 194 cm³/mol. The molecule has 0 aliphatic carbocycles. The van der Waals surface area contributed by atoms with Gasteiger partial charge in [0.15, 0.2) is 0 Å². The molecule has 254 valence electrons. The van der Waals surface area contributed by atoms with Gasteiger partial charge in [-0.3, -0.25) is 23.7 Å². The van der Waals surface area contributed by atoms with Crippen molar-refractivity contribution in [1.82, 2.24) is 4.57 Å². The van der Waals surface area contributed by atoms with E-state index in [0.29, 0.717) is 31.9 Å². The Morgan fingerprint density at radius 2 is 1.59 bits per heavy atom. The number of imide groups is 1. The number of halogens is 2. The summed E-state index contributed by atoms with van der Waals surface area (Å²) in [5.41, 5.74) is 2.83. The summed E-state index contributed by atoms with van der Waals surface area (Å²) >= 11 is 14.2. The van der Waals surface area contributed by atoms with Crippen LogP contribution in [0.5, 0.6) is 0 Å².